The Morgan fingerprint density at radius 2 is 2.21 bits per heavy atom. The van der Waals surface area contributed by atoms with Crippen LogP contribution in [0.3, 0.4) is 0 Å². The van der Waals surface area contributed by atoms with Crippen molar-refractivity contribution in [3.8, 4) is 0 Å². The van der Waals surface area contributed by atoms with Crippen LogP contribution in [0.1, 0.15) is 26.2 Å². The summed E-state index contributed by atoms with van der Waals surface area (Å²) < 4.78 is 4.91. The van der Waals surface area contributed by atoms with Crippen LogP contribution in [0.4, 0.5) is 4.79 Å². The van der Waals surface area contributed by atoms with Crippen LogP contribution in [-0.4, -0.2) is 24.6 Å². The van der Waals surface area contributed by atoms with Gasteiger partial charge in [0.15, 0.2) is 0 Å². The maximum Gasteiger partial charge on any atom is 0.312 e. The highest BCUT2D eigenvalue weighted by Gasteiger charge is 2.34. The van der Waals surface area contributed by atoms with E-state index in [0.29, 0.717) is 6.61 Å². The molecule has 14 heavy (non-hydrogen) atoms. The van der Waals surface area contributed by atoms with E-state index in [4.69, 9.17) is 10.5 Å². The molecular formula is C9H16N2O3. The van der Waals surface area contributed by atoms with Gasteiger partial charge >= 0.3 is 12.0 Å². The van der Waals surface area contributed by atoms with E-state index in [1.807, 2.05) is 0 Å². The molecule has 0 aromatic rings. The van der Waals surface area contributed by atoms with Crippen molar-refractivity contribution in [2.75, 3.05) is 6.61 Å². The Balaban J connectivity index is 2.50. The molecule has 0 bridgehead atoms. The monoisotopic (exact) mass is 200 g/mol. The van der Waals surface area contributed by atoms with Gasteiger partial charge in [-0.1, -0.05) is 6.42 Å². The number of nitrogens with two attached hydrogens (primary N) is 1. The molecule has 5 heteroatoms. The van der Waals surface area contributed by atoms with Crippen molar-refractivity contribution in [3.63, 3.8) is 0 Å². The number of carbonyl (C=O) groups excluding carboxylic acids is 2. The second-order valence-corrected chi connectivity index (χ2v) is 3.40. The largest absolute Gasteiger partial charge is 0.466 e. The summed E-state index contributed by atoms with van der Waals surface area (Å²) in [5.74, 6) is -0.453. The van der Waals surface area contributed by atoms with Crippen LogP contribution in [0.15, 0.2) is 0 Å². The summed E-state index contributed by atoms with van der Waals surface area (Å²) in [6.45, 7) is 2.14. The minimum absolute atomic E-state index is 0.147. The summed E-state index contributed by atoms with van der Waals surface area (Å²) in [6, 6.07) is -0.724. The van der Waals surface area contributed by atoms with Crippen LogP contribution in [0.25, 0.3) is 0 Å². The normalized spacial score (nSPS) is 25.8. The molecule has 2 amide bonds. The van der Waals surface area contributed by atoms with Crippen molar-refractivity contribution >= 4 is 12.0 Å². The SMILES string of the molecule is CCOC(=O)[C@@H]1CCC[C@@H]1NC(N)=O. The fourth-order valence-electron chi connectivity index (χ4n) is 1.85. The first-order chi connectivity index (χ1) is 6.65. The zero-order valence-corrected chi connectivity index (χ0v) is 8.29. The molecule has 1 aliphatic rings. The van der Waals surface area contributed by atoms with Gasteiger partial charge in [0.25, 0.3) is 0 Å². The molecule has 0 unspecified atom stereocenters. The maximum absolute atomic E-state index is 11.4. The summed E-state index contributed by atoms with van der Waals surface area (Å²) in [4.78, 5) is 22.1. The van der Waals surface area contributed by atoms with Gasteiger partial charge in [-0.3, -0.25) is 4.79 Å². The molecular weight excluding hydrogens is 184 g/mol. The minimum atomic E-state index is -0.578. The van der Waals surface area contributed by atoms with Crippen molar-refractivity contribution in [3.05, 3.63) is 0 Å². The highest BCUT2D eigenvalue weighted by Crippen LogP contribution is 2.26. The smallest absolute Gasteiger partial charge is 0.312 e. The van der Waals surface area contributed by atoms with E-state index in [0.717, 1.165) is 19.3 Å². The molecule has 0 aromatic heterocycles. The molecule has 3 N–H and O–H groups in total. The average Bonchev–Trinajstić information content (AvgIpc) is 2.51. The Morgan fingerprint density at radius 3 is 2.79 bits per heavy atom. The van der Waals surface area contributed by atoms with Gasteiger partial charge in [0.2, 0.25) is 0 Å². The number of hydrogen-bond acceptors (Lipinski definition) is 3. The third kappa shape index (κ3) is 2.61. The van der Waals surface area contributed by atoms with Crippen molar-refractivity contribution in [2.24, 2.45) is 11.7 Å². The van der Waals surface area contributed by atoms with Gasteiger partial charge < -0.3 is 15.8 Å². The predicted octanol–water partition coefficient (Wildman–Crippen LogP) is 0.387. The number of amides is 2. The number of carbonyl (C=O) groups is 2. The molecule has 0 aromatic carbocycles. The second-order valence-electron chi connectivity index (χ2n) is 3.40. The lowest BCUT2D eigenvalue weighted by Crippen LogP contribution is -2.43. The maximum atomic E-state index is 11.4. The van der Waals surface area contributed by atoms with Gasteiger partial charge in [-0.05, 0) is 19.8 Å². The number of primary amides is 1. The van der Waals surface area contributed by atoms with Crippen LogP contribution in [-0.2, 0) is 9.53 Å². The van der Waals surface area contributed by atoms with Gasteiger partial charge in [0.05, 0.1) is 12.5 Å². The summed E-state index contributed by atoms with van der Waals surface area (Å²) in [5.41, 5.74) is 5.01. The Hall–Kier alpha value is -1.26. The van der Waals surface area contributed by atoms with Gasteiger partial charge in [0, 0.05) is 6.04 Å². The number of nitrogens with one attached hydrogen (secondary N) is 1. The molecule has 0 spiro atoms. The van der Waals surface area contributed by atoms with E-state index in [1.165, 1.54) is 0 Å². The van der Waals surface area contributed by atoms with Gasteiger partial charge in [-0.15, -0.1) is 0 Å². The first-order valence-corrected chi connectivity index (χ1v) is 4.87. The van der Waals surface area contributed by atoms with Gasteiger partial charge in [-0.25, -0.2) is 4.79 Å². The number of hydrogen-bond donors (Lipinski definition) is 2. The standard InChI is InChI=1S/C9H16N2O3/c1-2-14-8(12)6-4-3-5-7(6)11-9(10)13/h6-7H,2-5H2,1H3,(H3,10,11,13)/t6-,7+/m1/s1. The van der Waals surface area contributed by atoms with E-state index >= 15 is 0 Å². The van der Waals surface area contributed by atoms with E-state index in [2.05, 4.69) is 5.32 Å². The number of urea groups is 1. The number of rotatable bonds is 3. The van der Waals surface area contributed by atoms with Crippen molar-refractivity contribution in [1.29, 1.82) is 0 Å². The average molecular weight is 200 g/mol. The molecule has 0 saturated heterocycles. The Labute approximate surface area is 83.0 Å². The molecule has 1 saturated carbocycles. The lowest BCUT2D eigenvalue weighted by molar-refractivity contribution is -0.148. The molecule has 0 radical (unpaired) electrons. The van der Waals surface area contributed by atoms with Crippen molar-refractivity contribution in [2.45, 2.75) is 32.2 Å². The molecule has 0 aliphatic heterocycles. The first kappa shape index (κ1) is 10.8. The molecule has 1 rings (SSSR count). The summed E-state index contributed by atoms with van der Waals surface area (Å²) in [6.07, 6.45) is 2.49. The van der Waals surface area contributed by atoms with Gasteiger partial charge in [0.1, 0.15) is 0 Å². The van der Waals surface area contributed by atoms with Gasteiger partial charge in [-0.2, -0.15) is 0 Å². The fraction of sp³-hybridized carbons (Fsp3) is 0.778. The quantitative estimate of drug-likeness (QED) is 0.646. The third-order valence-corrected chi connectivity index (χ3v) is 2.43. The predicted molar refractivity (Wildman–Crippen MR) is 50.5 cm³/mol. The first-order valence-electron chi connectivity index (χ1n) is 4.87. The summed E-state index contributed by atoms with van der Waals surface area (Å²) in [5, 5.41) is 2.57. The minimum Gasteiger partial charge on any atom is -0.466 e. The van der Waals surface area contributed by atoms with E-state index in [1.54, 1.807) is 6.92 Å². The topological polar surface area (TPSA) is 81.4 Å². The van der Waals surface area contributed by atoms with E-state index in [-0.39, 0.29) is 17.9 Å². The Bertz CT molecular complexity index is 230. The van der Waals surface area contributed by atoms with Crippen molar-refractivity contribution in [1.82, 2.24) is 5.32 Å². The fourth-order valence-corrected chi connectivity index (χ4v) is 1.85. The highest BCUT2D eigenvalue weighted by molar-refractivity contribution is 5.76. The number of esters is 1. The van der Waals surface area contributed by atoms with Crippen LogP contribution in [0.2, 0.25) is 0 Å². The van der Waals surface area contributed by atoms with E-state index < -0.39 is 6.03 Å². The zero-order valence-electron chi connectivity index (χ0n) is 8.29. The molecule has 1 aliphatic carbocycles. The molecule has 0 heterocycles. The Kier molecular flexibility index (Phi) is 3.73. The van der Waals surface area contributed by atoms with Crippen LogP contribution in [0, 0.1) is 5.92 Å². The molecule has 5 nitrogen and oxygen atoms in total. The molecule has 80 valence electrons. The van der Waals surface area contributed by atoms with Crippen LogP contribution < -0.4 is 11.1 Å². The van der Waals surface area contributed by atoms with Crippen LogP contribution in [0.5, 0.6) is 0 Å². The number of ether oxygens (including phenoxy) is 1. The summed E-state index contributed by atoms with van der Waals surface area (Å²) >= 11 is 0. The Morgan fingerprint density at radius 1 is 1.50 bits per heavy atom. The lowest BCUT2D eigenvalue weighted by Gasteiger charge is -2.18. The molecule has 1 fully saturated rings. The van der Waals surface area contributed by atoms with E-state index in [9.17, 15) is 9.59 Å². The second kappa shape index (κ2) is 4.83. The zero-order chi connectivity index (χ0) is 10.6. The third-order valence-electron chi connectivity index (χ3n) is 2.43. The van der Waals surface area contributed by atoms with Crippen LogP contribution >= 0.6 is 0 Å². The van der Waals surface area contributed by atoms with Crippen molar-refractivity contribution < 1.29 is 14.3 Å². The summed E-state index contributed by atoms with van der Waals surface area (Å²) in [7, 11) is 0. The molecule has 2 atom stereocenters. The highest BCUT2D eigenvalue weighted by atomic mass is 16.5. The lowest BCUT2D eigenvalue weighted by atomic mass is 10.0.